The summed E-state index contributed by atoms with van der Waals surface area (Å²) in [5.74, 6) is -0.390. The normalized spacial score (nSPS) is 22.5. The lowest BCUT2D eigenvalue weighted by Crippen LogP contribution is -2.47. The Balaban J connectivity index is 1.80. The van der Waals surface area contributed by atoms with Crippen molar-refractivity contribution < 1.29 is 19.1 Å². The summed E-state index contributed by atoms with van der Waals surface area (Å²) in [6, 6.07) is 4.94. The van der Waals surface area contributed by atoms with E-state index in [1.807, 2.05) is 17.9 Å². The van der Waals surface area contributed by atoms with Crippen molar-refractivity contribution in [3.8, 4) is 5.75 Å². The highest BCUT2D eigenvalue weighted by atomic mass is 16.5. The third-order valence-corrected chi connectivity index (χ3v) is 5.07. The van der Waals surface area contributed by atoms with Crippen molar-refractivity contribution in [2.24, 2.45) is 11.7 Å². The molecule has 2 N–H and O–H groups in total. The predicted molar refractivity (Wildman–Crippen MR) is 92.1 cm³/mol. The molecular weight excluding hydrogens is 322 g/mol. The van der Waals surface area contributed by atoms with Crippen LogP contribution < -0.4 is 15.4 Å². The van der Waals surface area contributed by atoms with E-state index >= 15 is 0 Å². The van der Waals surface area contributed by atoms with Gasteiger partial charge >= 0.3 is 0 Å². The van der Waals surface area contributed by atoms with Crippen LogP contribution in [-0.2, 0) is 14.4 Å². The number of piperidine rings is 1. The maximum Gasteiger partial charge on any atom is 0.251 e. The molecule has 3 amide bonds. The second-order valence-corrected chi connectivity index (χ2v) is 6.68. The van der Waals surface area contributed by atoms with E-state index in [0.717, 1.165) is 5.56 Å². The fraction of sp³-hybridized carbons (Fsp3) is 0.500. The fourth-order valence-electron chi connectivity index (χ4n) is 3.62. The van der Waals surface area contributed by atoms with E-state index in [2.05, 4.69) is 0 Å². The smallest absolute Gasteiger partial charge is 0.251 e. The van der Waals surface area contributed by atoms with E-state index in [1.54, 1.807) is 12.1 Å². The summed E-state index contributed by atoms with van der Waals surface area (Å²) in [6.45, 7) is 3.09. The molecule has 0 bridgehead atoms. The monoisotopic (exact) mass is 345 g/mol. The predicted octanol–water partition coefficient (Wildman–Crippen LogP) is 0.833. The van der Waals surface area contributed by atoms with Gasteiger partial charge in [0, 0.05) is 5.92 Å². The minimum absolute atomic E-state index is 0.142. The van der Waals surface area contributed by atoms with E-state index in [-0.39, 0.29) is 30.1 Å². The van der Waals surface area contributed by atoms with Crippen molar-refractivity contribution in [3.63, 3.8) is 0 Å². The van der Waals surface area contributed by atoms with Crippen LogP contribution in [0.2, 0.25) is 0 Å². The molecule has 25 heavy (non-hydrogen) atoms. The average Bonchev–Trinajstić information content (AvgIpc) is 2.89. The first-order valence-corrected chi connectivity index (χ1v) is 8.47. The number of nitrogens with two attached hydrogens (primary N) is 1. The van der Waals surface area contributed by atoms with Gasteiger partial charge in [0.2, 0.25) is 11.8 Å². The van der Waals surface area contributed by atoms with Crippen molar-refractivity contribution >= 4 is 23.4 Å². The van der Waals surface area contributed by atoms with Gasteiger partial charge in [-0.1, -0.05) is 6.07 Å². The van der Waals surface area contributed by atoms with Crippen molar-refractivity contribution in [2.45, 2.75) is 32.2 Å². The van der Waals surface area contributed by atoms with Crippen molar-refractivity contribution in [1.29, 1.82) is 0 Å². The average molecular weight is 345 g/mol. The van der Waals surface area contributed by atoms with Gasteiger partial charge in [-0.3, -0.25) is 19.3 Å². The molecule has 0 saturated carbocycles. The lowest BCUT2D eigenvalue weighted by Gasteiger charge is -2.33. The standard InChI is InChI=1S/C18H23N3O4/c1-11-3-4-15(25-2)13(9-11)21-16(22)10-14(18(21)24)20-7-5-12(6-8-20)17(19)23/h3-4,9,12,14H,5-8,10H2,1-2H3,(H2,19,23)/t14-/m0/s1. The molecule has 3 rings (SSSR count). The molecule has 0 spiro atoms. The molecule has 134 valence electrons. The van der Waals surface area contributed by atoms with E-state index in [9.17, 15) is 14.4 Å². The second-order valence-electron chi connectivity index (χ2n) is 6.68. The fourth-order valence-corrected chi connectivity index (χ4v) is 3.62. The van der Waals surface area contributed by atoms with Crippen molar-refractivity contribution in [3.05, 3.63) is 23.8 Å². The minimum Gasteiger partial charge on any atom is -0.495 e. The second kappa shape index (κ2) is 6.84. The summed E-state index contributed by atoms with van der Waals surface area (Å²) in [7, 11) is 1.52. The van der Waals surface area contributed by atoms with Gasteiger partial charge in [0.15, 0.2) is 0 Å². The number of methoxy groups -OCH3 is 1. The largest absolute Gasteiger partial charge is 0.495 e. The van der Waals surface area contributed by atoms with Gasteiger partial charge in [0.05, 0.1) is 25.3 Å². The Morgan fingerprint density at radius 3 is 2.52 bits per heavy atom. The van der Waals surface area contributed by atoms with Crippen LogP contribution in [-0.4, -0.2) is 48.9 Å². The number of rotatable bonds is 4. The number of primary amides is 1. The van der Waals surface area contributed by atoms with Gasteiger partial charge in [-0.25, -0.2) is 4.90 Å². The molecule has 1 aromatic rings. The van der Waals surface area contributed by atoms with E-state index in [1.165, 1.54) is 12.0 Å². The van der Waals surface area contributed by atoms with Gasteiger partial charge in [-0.15, -0.1) is 0 Å². The Hall–Kier alpha value is -2.41. The third kappa shape index (κ3) is 3.24. The molecule has 0 aromatic heterocycles. The molecule has 0 unspecified atom stereocenters. The molecule has 7 heteroatoms. The molecule has 0 aliphatic carbocycles. The van der Waals surface area contributed by atoms with Crippen LogP contribution in [0.15, 0.2) is 18.2 Å². The van der Waals surface area contributed by atoms with E-state index in [4.69, 9.17) is 10.5 Å². The number of carbonyl (C=O) groups is 3. The number of aryl methyl sites for hydroxylation is 1. The molecular formula is C18H23N3O4. The highest BCUT2D eigenvalue weighted by Gasteiger charge is 2.44. The first-order chi connectivity index (χ1) is 11.9. The first kappa shape index (κ1) is 17.4. The van der Waals surface area contributed by atoms with Crippen molar-refractivity contribution in [2.75, 3.05) is 25.1 Å². The highest BCUT2D eigenvalue weighted by molar-refractivity contribution is 6.23. The van der Waals surface area contributed by atoms with Crippen molar-refractivity contribution in [1.82, 2.24) is 4.90 Å². The number of benzene rings is 1. The molecule has 2 fully saturated rings. The van der Waals surface area contributed by atoms with Crippen LogP contribution >= 0.6 is 0 Å². The zero-order valence-corrected chi connectivity index (χ0v) is 14.5. The lowest BCUT2D eigenvalue weighted by molar-refractivity contribution is -0.124. The zero-order valence-electron chi connectivity index (χ0n) is 14.5. The summed E-state index contributed by atoms with van der Waals surface area (Å²) in [5, 5.41) is 0. The number of likely N-dealkylation sites (tertiary alicyclic amines) is 1. The van der Waals surface area contributed by atoms with Gasteiger partial charge in [-0.05, 0) is 50.6 Å². The summed E-state index contributed by atoms with van der Waals surface area (Å²) in [4.78, 5) is 40.0. The molecule has 2 saturated heterocycles. The Morgan fingerprint density at radius 1 is 1.24 bits per heavy atom. The molecule has 1 aromatic carbocycles. The number of ether oxygens (including phenoxy) is 1. The molecule has 7 nitrogen and oxygen atoms in total. The lowest BCUT2D eigenvalue weighted by atomic mass is 9.95. The van der Waals surface area contributed by atoms with Crippen LogP contribution in [0.5, 0.6) is 5.75 Å². The summed E-state index contributed by atoms with van der Waals surface area (Å²) in [5.41, 5.74) is 6.80. The number of carbonyl (C=O) groups excluding carboxylic acids is 3. The van der Waals surface area contributed by atoms with Crippen LogP contribution in [0.3, 0.4) is 0 Å². The number of hydrogen-bond donors (Lipinski definition) is 1. The topological polar surface area (TPSA) is 92.9 Å². The minimum atomic E-state index is -0.480. The maximum absolute atomic E-state index is 12.9. The molecule has 0 radical (unpaired) electrons. The first-order valence-electron chi connectivity index (χ1n) is 8.47. The van der Waals surface area contributed by atoms with E-state index < -0.39 is 6.04 Å². The maximum atomic E-state index is 12.9. The number of anilines is 1. The van der Waals surface area contributed by atoms with Gasteiger partial charge in [0.1, 0.15) is 5.75 Å². The van der Waals surface area contributed by atoms with Crippen LogP contribution in [0.1, 0.15) is 24.8 Å². The Labute approximate surface area is 146 Å². The van der Waals surface area contributed by atoms with E-state index in [0.29, 0.717) is 37.4 Å². The molecule has 2 aliphatic rings. The van der Waals surface area contributed by atoms with Gasteiger partial charge in [0.25, 0.3) is 5.91 Å². The molecule has 2 aliphatic heterocycles. The molecule has 2 heterocycles. The Morgan fingerprint density at radius 2 is 1.92 bits per heavy atom. The summed E-state index contributed by atoms with van der Waals surface area (Å²) in [6.07, 6.45) is 1.40. The quantitative estimate of drug-likeness (QED) is 0.816. The number of hydrogen-bond acceptors (Lipinski definition) is 5. The summed E-state index contributed by atoms with van der Waals surface area (Å²) >= 11 is 0. The number of amides is 3. The van der Waals surface area contributed by atoms with Gasteiger partial charge in [-0.2, -0.15) is 0 Å². The Bertz CT molecular complexity index is 710. The summed E-state index contributed by atoms with van der Waals surface area (Å²) < 4.78 is 5.32. The number of imide groups is 1. The third-order valence-electron chi connectivity index (χ3n) is 5.07. The number of nitrogens with zero attached hydrogens (tertiary/aromatic N) is 2. The van der Waals surface area contributed by atoms with Crippen LogP contribution in [0.25, 0.3) is 0 Å². The zero-order chi connectivity index (χ0) is 18.1. The van der Waals surface area contributed by atoms with Crippen LogP contribution in [0, 0.1) is 12.8 Å². The van der Waals surface area contributed by atoms with Crippen LogP contribution in [0.4, 0.5) is 5.69 Å². The highest BCUT2D eigenvalue weighted by Crippen LogP contribution is 2.35. The Kier molecular flexibility index (Phi) is 4.76. The molecule has 1 atom stereocenters. The SMILES string of the molecule is COc1ccc(C)cc1N1C(=O)C[C@H](N2CCC(C(N)=O)CC2)C1=O. The van der Waals surface area contributed by atoms with Gasteiger partial charge < -0.3 is 10.5 Å².